The van der Waals surface area contributed by atoms with Crippen molar-refractivity contribution in [2.45, 2.75) is 105 Å². The number of hydrogen-bond donors (Lipinski definition) is 3. The zero-order chi connectivity index (χ0) is 49.4. The van der Waals surface area contributed by atoms with E-state index in [2.05, 4.69) is 16.0 Å². The molecular weight excluding hydrogens is 917 g/mol. The third-order valence-corrected chi connectivity index (χ3v) is 16.4. The molecule has 0 spiro atoms. The molecule has 5 amide bonds. The maximum atomic E-state index is 13.2. The molecule has 68 heavy (non-hydrogen) atoms. The van der Waals surface area contributed by atoms with Gasteiger partial charge in [-0.2, -0.15) is 0 Å². The van der Waals surface area contributed by atoms with E-state index in [0.29, 0.717) is 76.3 Å². The molecule has 370 valence electrons. The quantitative estimate of drug-likeness (QED) is 0.196. The van der Waals surface area contributed by atoms with Gasteiger partial charge in [-0.05, 0) is 121 Å². The zero-order valence-electron chi connectivity index (χ0n) is 39.6. The third-order valence-electron chi connectivity index (χ3n) is 11.8. The highest BCUT2D eigenvalue weighted by Crippen LogP contribution is 2.29. The maximum Gasteiger partial charge on any atom is 0.410 e. The van der Waals surface area contributed by atoms with Crippen LogP contribution in [0.2, 0.25) is 0 Å². The van der Waals surface area contributed by atoms with Crippen molar-refractivity contribution in [3.05, 3.63) is 84.4 Å². The van der Waals surface area contributed by atoms with E-state index in [0.717, 1.165) is 5.56 Å². The lowest BCUT2D eigenvalue weighted by Gasteiger charge is -2.37. The summed E-state index contributed by atoms with van der Waals surface area (Å²) in [4.78, 5) is 66.2. The van der Waals surface area contributed by atoms with E-state index in [9.17, 15) is 40.8 Å². The summed E-state index contributed by atoms with van der Waals surface area (Å²) in [6.45, 7) is 14.1. The number of amides is 5. The molecule has 0 radical (unpaired) electrons. The van der Waals surface area contributed by atoms with Crippen LogP contribution < -0.4 is 16.0 Å². The molecule has 7 rings (SSSR count). The lowest BCUT2D eigenvalue weighted by molar-refractivity contribution is -0.124. The summed E-state index contributed by atoms with van der Waals surface area (Å²) in [5.74, 6) is -0.706. The minimum atomic E-state index is -3.59. The molecule has 0 bridgehead atoms. The van der Waals surface area contributed by atoms with Gasteiger partial charge in [-0.1, -0.05) is 30.3 Å². The average Bonchev–Trinajstić information content (AvgIpc) is 3.24. The molecule has 0 atom stereocenters. The number of nitrogens with one attached hydrogen (secondary N) is 3. The van der Waals surface area contributed by atoms with Crippen LogP contribution in [0.1, 0.15) is 72.8 Å². The summed E-state index contributed by atoms with van der Waals surface area (Å²) >= 11 is 0. The monoisotopic (exact) mass is 980 g/mol. The normalized spacial score (nSPS) is 17.6. The van der Waals surface area contributed by atoms with Crippen molar-refractivity contribution in [3.8, 4) is 0 Å². The minimum Gasteiger partial charge on any atom is -0.445 e. The van der Waals surface area contributed by atoms with Gasteiger partial charge in [-0.15, -0.1) is 0 Å². The van der Waals surface area contributed by atoms with E-state index < -0.39 is 59.7 Å². The predicted molar refractivity (Wildman–Crippen MR) is 254 cm³/mol. The van der Waals surface area contributed by atoms with Gasteiger partial charge in [0, 0.05) is 63.7 Å². The van der Waals surface area contributed by atoms with Gasteiger partial charge in [-0.25, -0.2) is 31.2 Å². The second kappa shape index (κ2) is 21.7. The van der Waals surface area contributed by atoms with Crippen LogP contribution >= 0.6 is 0 Å². The molecule has 3 aromatic carbocycles. The highest BCUT2D eigenvalue weighted by molar-refractivity contribution is 7.92. The minimum absolute atomic E-state index is 0.0337. The molecular formula is C48H64N6O12S2. The van der Waals surface area contributed by atoms with Gasteiger partial charge in [0.15, 0.2) is 19.7 Å². The lowest BCUT2D eigenvalue weighted by atomic mass is 10.00. The molecule has 0 aliphatic carbocycles. The Morgan fingerprint density at radius 1 is 0.559 bits per heavy atom. The number of piperidine rings is 2. The van der Waals surface area contributed by atoms with Crippen molar-refractivity contribution in [2.75, 3.05) is 63.0 Å². The van der Waals surface area contributed by atoms with Crippen molar-refractivity contribution >= 4 is 61.1 Å². The lowest BCUT2D eigenvalue weighted by Crippen LogP contribution is -2.54. The Morgan fingerprint density at radius 2 is 0.956 bits per heavy atom. The number of nitrogens with zero attached hydrogens (tertiary/aromatic N) is 3. The molecule has 4 heterocycles. The van der Waals surface area contributed by atoms with Crippen LogP contribution in [-0.4, -0.2) is 136 Å². The average molecular weight is 981 g/mol. The molecule has 4 fully saturated rings. The number of sulfone groups is 2. The fourth-order valence-corrected chi connectivity index (χ4v) is 11.2. The Kier molecular flexibility index (Phi) is 16.5. The highest BCUT2D eigenvalue weighted by Gasteiger charge is 2.38. The first kappa shape index (κ1) is 51.7. The fraction of sp³-hybridized carbons (Fsp3) is 0.521. The van der Waals surface area contributed by atoms with Crippen molar-refractivity contribution in [1.82, 2.24) is 20.0 Å². The topological polar surface area (TPSA) is 227 Å². The molecule has 3 N–H and O–H groups in total. The van der Waals surface area contributed by atoms with Gasteiger partial charge in [-0.3, -0.25) is 9.59 Å². The van der Waals surface area contributed by atoms with E-state index >= 15 is 0 Å². The van der Waals surface area contributed by atoms with Gasteiger partial charge >= 0.3 is 18.3 Å². The summed E-state index contributed by atoms with van der Waals surface area (Å²) in [7, 11) is -7.10. The largest absolute Gasteiger partial charge is 0.445 e. The molecule has 3 aromatic rings. The molecule has 0 unspecified atom stereocenters. The van der Waals surface area contributed by atoms with Crippen LogP contribution in [0, 0.1) is 11.8 Å². The first-order valence-electron chi connectivity index (χ1n) is 22.9. The number of likely N-dealkylation sites (tertiary alicyclic amines) is 3. The van der Waals surface area contributed by atoms with Gasteiger partial charge in [0.25, 0.3) is 0 Å². The number of carbonyl (C=O) groups is 5. The number of rotatable bonds is 10. The van der Waals surface area contributed by atoms with E-state index in [1.54, 1.807) is 75.6 Å². The fourth-order valence-electron chi connectivity index (χ4n) is 7.76. The van der Waals surface area contributed by atoms with Gasteiger partial charge in [0.05, 0.1) is 32.1 Å². The van der Waals surface area contributed by atoms with Crippen LogP contribution in [0.25, 0.3) is 0 Å². The number of anilines is 2. The van der Waals surface area contributed by atoms with E-state index in [4.69, 9.17) is 14.2 Å². The van der Waals surface area contributed by atoms with Gasteiger partial charge < -0.3 is 44.9 Å². The first-order valence-corrected chi connectivity index (χ1v) is 26.0. The number of carbonyl (C=O) groups excluding carboxylic acids is 5. The van der Waals surface area contributed by atoms with Crippen molar-refractivity contribution in [2.24, 2.45) is 11.8 Å². The molecule has 0 saturated carbocycles. The molecule has 4 aliphatic rings. The van der Waals surface area contributed by atoms with Crippen LogP contribution in [0.5, 0.6) is 0 Å². The van der Waals surface area contributed by atoms with Crippen LogP contribution in [0.15, 0.2) is 88.7 Å². The van der Waals surface area contributed by atoms with E-state index in [1.807, 2.05) is 30.3 Å². The molecule has 20 heteroatoms. The molecule has 4 saturated heterocycles. The number of benzene rings is 3. The smallest absolute Gasteiger partial charge is 0.410 e. The predicted octanol–water partition coefficient (Wildman–Crippen LogP) is 6.08. The van der Waals surface area contributed by atoms with E-state index in [1.165, 1.54) is 29.2 Å². The molecule has 4 aliphatic heterocycles. The summed E-state index contributed by atoms with van der Waals surface area (Å²) in [6.07, 6.45) is 0.0863. The number of ether oxygens (including phenoxy) is 3. The third kappa shape index (κ3) is 13.9. The second-order valence-corrected chi connectivity index (χ2v) is 23.9. The van der Waals surface area contributed by atoms with Crippen molar-refractivity contribution in [3.63, 3.8) is 0 Å². The summed E-state index contributed by atoms with van der Waals surface area (Å²) in [5.41, 5.74) is 0.761. The Balaban J connectivity index is 0.000000234. The Bertz CT molecular complexity index is 2470. The highest BCUT2D eigenvalue weighted by atomic mass is 32.2. The SMILES string of the molecule is CC(C)(C)OC(=O)N1CCC(S(=O)(=O)c2ccc(NC(=O)C3CN(C(=O)OCc4ccccc4)C3)cc2)CC1.CC(C)(C)OC(=O)N1CCC(S(=O)(=O)c2ccc(NC(=O)C3CNC3)cc2)CC1. The van der Waals surface area contributed by atoms with Crippen LogP contribution in [0.3, 0.4) is 0 Å². The molecule has 0 aromatic heterocycles. The second-order valence-electron chi connectivity index (χ2n) is 19.4. The van der Waals surface area contributed by atoms with E-state index in [-0.39, 0.29) is 53.1 Å². The Morgan fingerprint density at radius 3 is 1.32 bits per heavy atom. The number of hydrogen-bond acceptors (Lipinski definition) is 13. The van der Waals surface area contributed by atoms with Gasteiger partial charge in [0.2, 0.25) is 11.8 Å². The van der Waals surface area contributed by atoms with Crippen molar-refractivity contribution in [1.29, 1.82) is 0 Å². The van der Waals surface area contributed by atoms with Crippen molar-refractivity contribution < 1.29 is 55.0 Å². The maximum absolute atomic E-state index is 13.2. The Labute approximate surface area is 399 Å². The standard InChI is InChI=1S/C28H35N3O7S.C20H29N3O5S/c1-28(2,3)38-27(34)30-15-13-24(14-16-30)39(35,36)23-11-9-22(10-12-23)29-25(32)21-17-31(18-21)26(33)37-19-20-7-5-4-6-8-20;1-20(2,3)28-19(25)23-10-8-17(9-11-23)29(26,27)16-6-4-15(5-7-16)22-18(24)14-12-21-13-14/h4-12,21,24H,13-19H2,1-3H3,(H,29,32);4-7,14,17,21H,8-13H2,1-3H3,(H,22,24). The van der Waals surface area contributed by atoms with Crippen LogP contribution in [0.4, 0.5) is 25.8 Å². The Hall–Kier alpha value is -5.73. The summed E-state index contributed by atoms with van der Waals surface area (Å²) in [6, 6.07) is 21.7. The first-order chi connectivity index (χ1) is 32.0. The summed E-state index contributed by atoms with van der Waals surface area (Å²) in [5, 5.41) is 7.50. The summed E-state index contributed by atoms with van der Waals surface area (Å²) < 4.78 is 68.3. The van der Waals surface area contributed by atoms with Crippen LogP contribution in [-0.2, 0) is 50.1 Å². The molecule has 18 nitrogen and oxygen atoms in total. The zero-order valence-corrected chi connectivity index (χ0v) is 41.2. The van der Waals surface area contributed by atoms with Gasteiger partial charge in [0.1, 0.15) is 17.8 Å².